The van der Waals surface area contributed by atoms with Crippen LogP contribution < -0.4 is 10.2 Å². The summed E-state index contributed by atoms with van der Waals surface area (Å²) in [6, 6.07) is 2.40. The normalized spacial score (nSPS) is 21.9. The Morgan fingerprint density at radius 3 is 2.28 bits per heavy atom. The first-order chi connectivity index (χ1) is 16.9. The Morgan fingerprint density at radius 1 is 1.03 bits per heavy atom. The second kappa shape index (κ2) is 12.5. The number of nitrogens with zero attached hydrogens (tertiary/aromatic N) is 4. The topological polar surface area (TPSA) is 79.8 Å². The van der Waals surface area contributed by atoms with Crippen molar-refractivity contribution in [3.8, 4) is 0 Å². The summed E-state index contributed by atoms with van der Waals surface area (Å²) in [5.41, 5.74) is 0.534. The molecule has 1 saturated heterocycles. The number of amides is 1. The van der Waals surface area contributed by atoms with Crippen LogP contribution in [-0.4, -0.2) is 79.0 Å². The van der Waals surface area contributed by atoms with E-state index in [4.69, 9.17) is 19.4 Å². The summed E-state index contributed by atoms with van der Waals surface area (Å²) in [5.74, 6) is 2.71. The third kappa shape index (κ3) is 9.18. The third-order valence-corrected chi connectivity index (χ3v) is 7.12. The number of methoxy groups -OCH3 is 1. The van der Waals surface area contributed by atoms with Crippen molar-refractivity contribution in [3.63, 3.8) is 0 Å². The minimum atomic E-state index is -0.444. The molecule has 1 saturated carbocycles. The molecule has 0 spiro atoms. The van der Waals surface area contributed by atoms with E-state index in [-0.39, 0.29) is 17.6 Å². The predicted molar refractivity (Wildman–Crippen MR) is 145 cm³/mol. The number of aromatic nitrogens is 2. The summed E-state index contributed by atoms with van der Waals surface area (Å²) in [6.45, 7) is 18.2. The highest BCUT2D eigenvalue weighted by Crippen LogP contribution is 2.28. The lowest BCUT2D eigenvalue weighted by molar-refractivity contribution is 0.0486. The average Bonchev–Trinajstić information content (AvgIpc) is 2.80. The number of hydrogen-bond acceptors (Lipinski definition) is 7. The van der Waals surface area contributed by atoms with Gasteiger partial charge in [-0.05, 0) is 65.3 Å². The number of nitrogens with one attached hydrogen (secondary N) is 1. The molecule has 2 aliphatic rings. The maximum atomic E-state index is 12.0. The fraction of sp³-hybridized carbons (Fsp3) is 0.821. The van der Waals surface area contributed by atoms with E-state index in [1.165, 1.54) is 19.3 Å². The second-order valence-electron chi connectivity index (χ2n) is 12.5. The highest BCUT2D eigenvalue weighted by Gasteiger charge is 2.27. The minimum Gasteiger partial charge on any atom is -0.444 e. The van der Waals surface area contributed by atoms with Gasteiger partial charge < -0.3 is 19.7 Å². The molecule has 204 valence electrons. The van der Waals surface area contributed by atoms with Crippen molar-refractivity contribution in [1.82, 2.24) is 20.2 Å². The molecule has 1 aliphatic heterocycles. The van der Waals surface area contributed by atoms with Crippen LogP contribution in [0.3, 0.4) is 0 Å². The number of hydrogen-bond donors (Lipinski definition) is 1. The lowest BCUT2D eigenvalue weighted by Crippen LogP contribution is -2.47. The predicted octanol–water partition coefficient (Wildman–Crippen LogP) is 4.56. The lowest BCUT2D eigenvalue weighted by atomic mass is 9.84. The molecule has 0 aromatic carbocycles. The zero-order chi connectivity index (χ0) is 26.3. The van der Waals surface area contributed by atoms with E-state index in [1.54, 1.807) is 7.11 Å². The van der Waals surface area contributed by atoms with Crippen LogP contribution in [0.25, 0.3) is 0 Å². The first kappa shape index (κ1) is 28.6. The standard InChI is InChI=1S/C28H49N5O3/c1-27(2,3)25-29-23(13-19-35-7)20-24(31-25)33-17-15-32(16-18-33)14-12-21-8-10-22(11-9-21)30-26(34)36-28(4,5)6/h20-22H,8-19H2,1-7H3,(H,30,34). The monoisotopic (exact) mass is 503 g/mol. The van der Waals surface area contributed by atoms with Crippen molar-refractivity contribution in [1.29, 1.82) is 0 Å². The third-order valence-electron chi connectivity index (χ3n) is 7.12. The van der Waals surface area contributed by atoms with Crippen LogP contribution >= 0.6 is 0 Å². The molecule has 8 heteroatoms. The van der Waals surface area contributed by atoms with E-state index in [9.17, 15) is 4.79 Å². The van der Waals surface area contributed by atoms with Gasteiger partial charge in [-0.25, -0.2) is 14.8 Å². The summed E-state index contributed by atoms with van der Waals surface area (Å²) < 4.78 is 10.7. The molecule has 1 aromatic heterocycles. The number of anilines is 1. The second-order valence-corrected chi connectivity index (χ2v) is 12.5. The fourth-order valence-electron chi connectivity index (χ4n) is 4.95. The van der Waals surface area contributed by atoms with Crippen LogP contribution in [0.1, 0.15) is 85.2 Å². The Labute approximate surface area is 218 Å². The molecule has 36 heavy (non-hydrogen) atoms. The number of alkyl carbamates (subject to hydrolysis) is 1. The lowest BCUT2D eigenvalue weighted by Gasteiger charge is -2.37. The van der Waals surface area contributed by atoms with Crippen molar-refractivity contribution in [3.05, 3.63) is 17.6 Å². The molecule has 1 aromatic rings. The maximum absolute atomic E-state index is 12.0. The van der Waals surface area contributed by atoms with E-state index < -0.39 is 5.60 Å². The quantitative estimate of drug-likeness (QED) is 0.557. The van der Waals surface area contributed by atoms with Crippen LogP contribution in [0.4, 0.5) is 10.6 Å². The summed E-state index contributed by atoms with van der Waals surface area (Å²) in [6.07, 6.45) is 6.22. The van der Waals surface area contributed by atoms with E-state index in [0.29, 0.717) is 6.61 Å². The van der Waals surface area contributed by atoms with Gasteiger partial charge in [-0.15, -0.1) is 0 Å². The Morgan fingerprint density at radius 2 is 1.69 bits per heavy atom. The first-order valence-electron chi connectivity index (χ1n) is 13.8. The van der Waals surface area contributed by atoms with E-state index >= 15 is 0 Å². The van der Waals surface area contributed by atoms with Crippen LogP contribution in [0, 0.1) is 5.92 Å². The van der Waals surface area contributed by atoms with Gasteiger partial charge in [0, 0.05) is 62.9 Å². The number of carbonyl (C=O) groups is 1. The summed E-state index contributed by atoms with van der Waals surface area (Å²) in [5, 5.41) is 3.06. The van der Waals surface area contributed by atoms with Crippen molar-refractivity contribution < 1.29 is 14.3 Å². The van der Waals surface area contributed by atoms with Crippen molar-refractivity contribution in [2.45, 2.75) is 97.1 Å². The zero-order valence-electron chi connectivity index (χ0n) is 23.7. The van der Waals surface area contributed by atoms with Crippen LogP contribution in [-0.2, 0) is 21.3 Å². The number of ether oxygens (including phenoxy) is 2. The van der Waals surface area contributed by atoms with E-state index in [0.717, 1.165) is 75.2 Å². The summed E-state index contributed by atoms with van der Waals surface area (Å²) >= 11 is 0. The van der Waals surface area contributed by atoms with Gasteiger partial charge in [0.05, 0.1) is 6.61 Å². The van der Waals surface area contributed by atoms with Gasteiger partial charge in [-0.1, -0.05) is 20.8 Å². The highest BCUT2D eigenvalue weighted by molar-refractivity contribution is 5.68. The zero-order valence-corrected chi connectivity index (χ0v) is 23.7. The summed E-state index contributed by atoms with van der Waals surface area (Å²) in [7, 11) is 1.73. The van der Waals surface area contributed by atoms with E-state index in [1.807, 2.05) is 20.8 Å². The maximum Gasteiger partial charge on any atom is 0.407 e. The van der Waals surface area contributed by atoms with Crippen LogP contribution in [0.15, 0.2) is 6.07 Å². The molecule has 1 amide bonds. The average molecular weight is 504 g/mol. The Kier molecular flexibility index (Phi) is 9.98. The molecular formula is C28H49N5O3. The van der Waals surface area contributed by atoms with Gasteiger partial charge in [0.1, 0.15) is 17.2 Å². The Balaban J connectivity index is 1.42. The molecule has 1 aliphatic carbocycles. The molecule has 0 radical (unpaired) electrons. The van der Waals surface area contributed by atoms with Gasteiger partial charge in [0.15, 0.2) is 0 Å². The van der Waals surface area contributed by atoms with Gasteiger partial charge in [0.25, 0.3) is 0 Å². The molecule has 2 fully saturated rings. The molecule has 0 unspecified atom stereocenters. The number of carbonyl (C=O) groups excluding carboxylic acids is 1. The fourth-order valence-corrected chi connectivity index (χ4v) is 4.95. The van der Waals surface area contributed by atoms with Crippen molar-refractivity contribution >= 4 is 11.9 Å². The molecule has 2 heterocycles. The Hall–Kier alpha value is -1.93. The van der Waals surface area contributed by atoms with E-state index in [2.05, 4.69) is 42.0 Å². The van der Waals surface area contributed by atoms with Gasteiger partial charge >= 0.3 is 6.09 Å². The smallest absolute Gasteiger partial charge is 0.407 e. The van der Waals surface area contributed by atoms with Crippen LogP contribution in [0.2, 0.25) is 0 Å². The molecule has 1 N–H and O–H groups in total. The largest absolute Gasteiger partial charge is 0.444 e. The Bertz CT molecular complexity index is 833. The molecule has 8 nitrogen and oxygen atoms in total. The molecule has 0 bridgehead atoms. The molecule has 3 rings (SSSR count). The SMILES string of the molecule is COCCc1cc(N2CCN(CCC3CCC(NC(=O)OC(C)(C)C)CC3)CC2)nc(C(C)(C)C)n1. The highest BCUT2D eigenvalue weighted by atomic mass is 16.6. The van der Waals surface area contributed by atoms with Gasteiger partial charge in [-0.3, -0.25) is 4.90 Å². The van der Waals surface area contributed by atoms with Crippen molar-refractivity contribution in [2.24, 2.45) is 5.92 Å². The molecular weight excluding hydrogens is 454 g/mol. The van der Waals surface area contributed by atoms with Gasteiger partial charge in [0.2, 0.25) is 0 Å². The van der Waals surface area contributed by atoms with Crippen LogP contribution in [0.5, 0.6) is 0 Å². The number of piperazine rings is 1. The first-order valence-corrected chi connectivity index (χ1v) is 13.8. The number of rotatable bonds is 8. The molecule has 0 atom stereocenters. The minimum absolute atomic E-state index is 0.0823. The van der Waals surface area contributed by atoms with Crippen molar-refractivity contribution in [2.75, 3.05) is 51.3 Å². The van der Waals surface area contributed by atoms with Gasteiger partial charge in [-0.2, -0.15) is 0 Å². The summed E-state index contributed by atoms with van der Waals surface area (Å²) in [4.78, 5) is 26.8.